The van der Waals surface area contributed by atoms with Gasteiger partial charge >= 0.3 is 0 Å². The van der Waals surface area contributed by atoms with Gasteiger partial charge in [0, 0.05) is 11.6 Å². The molecule has 0 aliphatic rings. The fraction of sp³-hybridized carbons (Fsp3) is 0.118. The number of para-hydroxylation sites is 2. The Kier molecular flexibility index (Phi) is 5.28. The number of benzene rings is 2. The van der Waals surface area contributed by atoms with Gasteiger partial charge in [-0.15, -0.1) is 10.2 Å². The Balaban J connectivity index is 1.60. The zero-order valence-electron chi connectivity index (χ0n) is 13.7. The summed E-state index contributed by atoms with van der Waals surface area (Å²) in [6, 6.07) is 13.6. The highest BCUT2D eigenvalue weighted by Crippen LogP contribution is 2.25. The summed E-state index contributed by atoms with van der Waals surface area (Å²) in [5.74, 6) is -0.0484. The minimum Gasteiger partial charge on any atom is -0.411 e. The van der Waals surface area contributed by atoms with Crippen molar-refractivity contribution in [1.29, 1.82) is 0 Å². The summed E-state index contributed by atoms with van der Waals surface area (Å²) < 4.78 is 5.52. The van der Waals surface area contributed by atoms with Crippen LogP contribution in [0.5, 0.6) is 0 Å². The Morgan fingerprint density at radius 2 is 1.92 bits per heavy atom. The molecule has 0 spiro atoms. The maximum Gasteiger partial charge on any atom is 0.292 e. The van der Waals surface area contributed by atoms with E-state index in [1.807, 2.05) is 31.2 Å². The van der Waals surface area contributed by atoms with Gasteiger partial charge < -0.3 is 9.73 Å². The highest BCUT2D eigenvalue weighted by molar-refractivity contribution is 7.99. The van der Waals surface area contributed by atoms with Gasteiger partial charge in [-0.1, -0.05) is 41.6 Å². The van der Waals surface area contributed by atoms with Crippen LogP contribution in [0.15, 0.2) is 58.2 Å². The molecule has 9 heteroatoms. The number of nitrogens with one attached hydrogen (secondary N) is 1. The van der Waals surface area contributed by atoms with Crippen molar-refractivity contribution < 1.29 is 14.1 Å². The maximum absolute atomic E-state index is 12.0. The van der Waals surface area contributed by atoms with Gasteiger partial charge in [0.25, 0.3) is 10.9 Å². The average molecular weight is 370 g/mol. The molecule has 0 atom stereocenters. The number of hydrogen-bond acceptors (Lipinski definition) is 7. The largest absolute Gasteiger partial charge is 0.411 e. The number of aryl methyl sites for hydroxylation is 1. The number of anilines is 1. The van der Waals surface area contributed by atoms with Crippen molar-refractivity contribution >= 4 is 29.0 Å². The quantitative estimate of drug-likeness (QED) is 0.400. The molecule has 0 aliphatic heterocycles. The smallest absolute Gasteiger partial charge is 0.292 e. The zero-order chi connectivity index (χ0) is 18.5. The first-order chi connectivity index (χ1) is 12.5. The summed E-state index contributed by atoms with van der Waals surface area (Å²) in [5.41, 5.74) is 1.90. The normalized spacial score (nSPS) is 10.5. The predicted octanol–water partition coefficient (Wildman–Crippen LogP) is 3.68. The molecular weight excluding hydrogens is 356 g/mol. The molecule has 1 heterocycles. The number of hydrogen-bond donors (Lipinski definition) is 1. The maximum atomic E-state index is 12.0. The minimum absolute atomic E-state index is 0.0123. The van der Waals surface area contributed by atoms with Gasteiger partial charge in [-0.3, -0.25) is 14.9 Å². The van der Waals surface area contributed by atoms with Crippen molar-refractivity contribution in [2.24, 2.45) is 0 Å². The fourth-order valence-corrected chi connectivity index (χ4v) is 2.70. The zero-order valence-corrected chi connectivity index (χ0v) is 14.5. The van der Waals surface area contributed by atoms with E-state index in [9.17, 15) is 14.9 Å². The lowest BCUT2D eigenvalue weighted by molar-refractivity contribution is -0.383. The molecule has 0 unspecified atom stereocenters. The summed E-state index contributed by atoms with van der Waals surface area (Å²) in [6.07, 6.45) is 0. The Bertz CT molecular complexity index is 940. The molecule has 0 saturated carbocycles. The molecule has 0 bridgehead atoms. The third-order valence-electron chi connectivity index (χ3n) is 3.41. The molecule has 0 fully saturated rings. The van der Waals surface area contributed by atoms with Crippen LogP contribution in [0, 0.1) is 17.0 Å². The van der Waals surface area contributed by atoms with Crippen molar-refractivity contribution in [2.45, 2.75) is 12.1 Å². The first-order valence-electron chi connectivity index (χ1n) is 7.59. The number of nitro groups is 1. The van der Waals surface area contributed by atoms with Gasteiger partial charge in [-0.2, -0.15) is 0 Å². The number of carbonyl (C=O) groups excluding carboxylic acids is 1. The first-order valence-corrected chi connectivity index (χ1v) is 8.58. The average Bonchev–Trinajstić information content (AvgIpc) is 3.10. The number of nitrogens with zero attached hydrogens (tertiary/aromatic N) is 3. The van der Waals surface area contributed by atoms with E-state index in [0.717, 1.165) is 22.9 Å². The Morgan fingerprint density at radius 3 is 2.65 bits per heavy atom. The monoisotopic (exact) mass is 370 g/mol. The molecule has 26 heavy (non-hydrogen) atoms. The van der Waals surface area contributed by atoms with Crippen molar-refractivity contribution in [1.82, 2.24) is 10.2 Å². The van der Waals surface area contributed by atoms with Gasteiger partial charge in [0.15, 0.2) is 0 Å². The third-order valence-corrected chi connectivity index (χ3v) is 4.23. The molecule has 132 valence electrons. The molecule has 3 aromatic rings. The molecule has 3 rings (SSSR count). The second kappa shape index (κ2) is 7.79. The number of aromatic nitrogens is 2. The van der Waals surface area contributed by atoms with Gasteiger partial charge in [-0.05, 0) is 25.1 Å². The Hall–Kier alpha value is -3.20. The van der Waals surface area contributed by atoms with E-state index >= 15 is 0 Å². The van der Waals surface area contributed by atoms with Gasteiger partial charge in [0.2, 0.25) is 11.8 Å². The number of rotatable bonds is 6. The van der Waals surface area contributed by atoms with Gasteiger partial charge in [-0.25, -0.2) is 0 Å². The molecule has 1 aromatic heterocycles. The van der Waals surface area contributed by atoms with Crippen molar-refractivity contribution in [3.63, 3.8) is 0 Å². The number of amides is 1. The van der Waals surface area contributed by atoms with Crippen LogP contribution in [0.4, 0.5) is 11.4 Å². The van der Waals surface area contributed by atoms with Gasteiger partial charge in [0.1, 0.15) is 5.69 Å². The van der Waals surface area contributed by atoms with E-state index in [0.29, 0.717) is 5.89 Å². The summed E-state index contributed by atoms with van der Waals surface area (Å²) >= 11 is 1.06. The lowest BCUT2D eigenvalue weighted by Gasteiger charge is -2.04. The summed E-state index contributed by atoms with van der Waals surface area (Å²) in [5, 5.41) is 21.6. The van der Waals surface area contributed by atoms with Crippen LogP contribution >= 0.6 is 11.8 Å². The van der Waals surface area contributed by atoms with Crippen molar-refractivity contribution in [3.8, 4) is 11.5 Å². The van der Waals surface area contributed by atoms with Crippen LogP contribution in [-0.4, -0.2) is 26.8 Å². The summed E-state index contributed by atoms with van der Waals surface area (Å²) in [6.45, 7) is 1.98. The third kappa shape index (κ3) is 4.25. The lowest BCUT2D eigenvalue weighted by atomic mass is 10.1. The summed E-state index contributed by atoms with van der Waals surface area (Å²) in [4.78, 5) is 22.4. The van der Waals surface area contributed by atoms with Crippen molar-refractivity contribution in [2.75, 3.05) is 11.1 Å². The molecule has 8 nitrogen and oxygen atoms in total. The van der Waals surface area contributed by atoms with E-state index in [4.69, 9.17) is 4.42 Å². The van der Waals surface area contributed by atoms with Crippen LogP contribution < -0.4 is 5.32 Å². The summed E-state index contributed by atoms with van der Waals surface area (Å²) in [7, 11) is 0. The molecule has 0 radical (unpaired) electrons. The van der Waals surface area contributed by atoms with Crippen LogP contribution in [0.3, 0.4) is 0 Å². The van der Waals surface area contributed by atoms with Crippen molar-refractivity contribution in [3.05, 3.63) is 64.2 Å². The second-order valence-electron chi connectivity index (χ2n) is 5.35. The number of carbonyl (C=O) groups is 1. The molecule has 1 N–H and O–H groups in total. The molecular formula is C17H14N4O4S. The number of nitro benzene ring substituents is 1. The predicted molar refractivity (Wildman–Crippen MR) is 96.9 cm³/mol. The topological polar surface area (TPSA) is 111 Å². The second-order valence-corrected chi connectivity index (χ2v) is 6.28. The Labute approximate surface area is 152 Å². The van der Waals surface area contributed by atoms with E-state index in [1.54, 1.807) is 6.07 Å². The number of thioether (sulfide) groups is 1. The molecule has 1 amide bonds. The highest BCUT2D eigenvalue weighted by Gasteiger charge is 2.16. The lowest BCUT2D eigenvalue weighted by Crippen LogP contribution is -2.15. The van der Waals surface area contributed by atoms with Gasteiger partial charge in [0.05, 0.1) is 10.7 Å². The van der Waals surface area contributed by atoms with E-state index in [2.05, 4.69) is 15.5 Å². The first kappa shape index (κ1) is 17.6. The van der Waals surface area contributed by atoms with E-state index in [-0.39, 0.29) is 22.4 Å². The van der Waals surface area contributed by atoms with Crippen LogP contribution in [-0.2, 0) is 4.79 Å². The fourth-order valence-electron chi connectivity index (χ4n) is 2.13. The van der Waals surface area contributed by atoms with Crippen LogP contribution in [0.2, 0.25) is 0 Å². The molecule has 2 aromatic carbocycles. The minimum atomic E-state index is -0.547. The molecule has 0 saturated heterocycles. The van der Waals surface area contributed by atoms with Crippen LogP contribution in [0.25, 0.3) is 11.5 Å². The van der Waals surface area contributed by atoms with E-state index in [1.165, 1.54) is 18.2 Å². The highest BCUT2D eigenvalue weighted by atomic mass is 32.2. The standard InChI is InChI=1S/C17H14N4O4S/c1-11-6-8-12(9-7-11)16-19-20-17(25-16)26-10-15(22)18-13-4-2-3-5-14(13)21(23)24/h2-9H,10H2,1H3,(H,18,22). The Morgan fingerprint density at radius 1 is 1.19 bits per heavy atom. The van der Waals surface area contributed by atoms with E-state index < -0.39 is 10.8 Å². The molecule has 0 aliphatic carbocycles. The van der Waals surface area contributed by atoms with Crippen LogP contribution in [0.1, 0.15) is 5.56 Å². The SMILES string of the molecule is Cc1ccc(-c2nnc(SCC(=O)Nc3ccccc3[N+](=O)[O-])o2)cc1.